The molecule has 0 radical (unpaired) electrons. The van der Waals surface area contributed by atoms with Crippen molar-refractivity contribution >= 4 is 90.8 Å². The molecule has 0 atom stereocenters. The van der Waals surface area contributed by atoms with Crippen molar-refractivity contribution in [2.24, 2.45) is 0 Å². The van der Waals surface area contributed by atoms with E-state index in [1.807, 2.05) is 0 Å². The van der Waals surface area contributed by atoms with Crippen molar-refractivity contribution in [2.75, 3.05) is 19.6 Å². The smallest absolute Gasteiger partial charge is 0.0494 e. The maximum atomic E-state index is 2.58. The predicted molar refractivity (Wildman–Crippen MR) is 382 cm³/mol. The molecule has 0 aromatic heterocycles. The first-order valence-electron chi connectivity index (χ1n) is 30.3. The Kier molecular flexibility index (Phi) is 17.1. The first-order chi connectivity index (χ1) is 42.5. The molecule has 0 saturated heterocycles. The van der Waals surface area contributed by atoms with E-state index in [4.69, 9.17) is 0 Å². The summed E-state index contributed by atoms with van der Waals surface area (Å²) in [7, 11) is 0. The molecular formula is C82H73IN4. The zero-order valence-electron chi connectivity index (χ0n) is 51.1. The molecule has 0 spiro atoms. The van der Waals surface area contributed by atoms with Crippen molar-refractivity contribution in [3.8, 4) is 33.4 Å². The number of nitrogens with zero attached hydrogens (tertiary/aromatic N) is 4. The maximum Gasteiger partial charge on any atom is 0.0494 e. The van der Waals surface area contributed by atoms with Gasteiger partial charge in [-0.2, -0.15) is 0 Å². The summed E-state index contributed by atoms with van der Waals surface area (Å²) in [6, 6.07) is 99.7. The summed E-state index contributed by atoms with van der Waals surface area (Å²) in [5.74, 6) is 0. The zero-order chi connectivity index (χ0) is 60.1. The normalized spacial score (nSPS) is 11.1. The van der Waals surface area contributed by atoms with E-state index in [1.165, 1.54) is 101 Å². The van der Waals surface area contributed by atoms with Gasteiger partial charge in [0.15, 0.2) is 0 Å². The van der Waals surface area contributed by atoms with E-state index in [-0.39, 0.29) is 0 Å². The summed E-state index contributed by atoms with van der Waals surface area (Å²) in [6.45, 7) is 18.3. The van der Waals surface area contributed by atoms with Crippen LogP contribution < -0.4 is 19.6 Å². The molecule has 12 aromatic rings. The molecule has 0 amide bonds. The van der Waals surface area contributed by atoms with Crippen LogP contribution >= 0.6 is 22.6 Å². The average molecular weight is 1240 g/mol. The van der Waals surface area contributed by atoms with Gasteiger partial charge in [-0.3, -0.25) is 0 Å². The highest BCUT2D eigenvalue weighted by molar-refractivity contribution is 14.1. The topological polar surface area (TPSA) is 13.0 Å². The Bertz CT molecular complexity index is 4260. The Labute approximate surface area is 529 Å². The minimum Gasteiger partial charge on any atom is -0.310 e. The highest BCUT2D eigenvalue weighted by Gasteiger charge is 2.26. The summed E-state index contributed by atoms with van der Waals surface area (Å²) < 4.78 is 0.840. The van der Waals surface area contributed by atoms with Crippen LogP contribution in [0, 0.1) is 48.5 Å². The van der Waals surface area contributed by atoms with Gasteiger partial charge in [-0.1, -0.05) is 157 Å². The minimum absolute atomic E-state index is 0.840. The van der Waals surface area contributed by atoms with Crippen LogP contribution in [-0.2, 0) is 10.8 Å². The molecule has 12 aromatic carbocycles. The van der Waals surface area contributed by atoms with Crippen LogP contribution in [-0.4, -0.2) is 0 Å². The lowest BCUT2D eigenvalue weighted by Crippen LogP contribution is -2.16. The lowest BCUT2D eigenvalue weighted by Gasteiger charge is -2.32. The number of hydrogen-bond donors (Lipinski definition) is 0. The molecule has 12 rings (SSSR count). The van der Waals surface area contributed by atoms with E-state index in [2.05, 4.69) is 371 Å². The van der Waals surface area contributed by atoms with Gasteiger partial charge in [0.05, 0.1) is 0 Å². The van der Waals surface area contributed by atoms with Gasteiger partial charge >= 0.3 is 0 Å². The minimum atomic E-state index is 0.840. The first-order valence-corrected chi connectivity index (χ1v) is 31.8. The Hall–Kier alpha value is -9.43. The van der Waals surface area contributed by atoms with E-state index < -0.39 is 0 Å². The SMILES string of the molecule is CCc1cc(N(c2ccccc2)c2ccccc2)ccc1-c1cc(C)c(N(c2cc(C)c(-c3ccc(N(c4ccccc4)c4ccccc4)cc3C)cc2C)c2cc(CI)c(-c3ccc(N(c4ccccc4)c4ccccc4)cc3C)cc2C)cc1C. The van der Waals surface area contributed by atoms with Crippen LogP contribution in [0.4, 0.5) is 68.2 Å². The Balaban J connectivity index is 0.974. The number of halogens is 1. The molecule has 0 fully saturated rings. The summed E-state index contributed by atoms with van der Waals surface area (Å²) in [4.78, 5) is 9.61. The highest BCUT2D eigenvalue weighted by Crippen LogP contribution is 2.48. The largest absolute Gasteiger partial charge is 0.310 e. The molecule has 0 N–H and O–H groups in total. The van der Waals surface area contributed by atoms with E-state index in [0.29, 0.717) is 0 Å². The van der Waals surface area contributed by atoms with Crippen LogP contribution in [0.2, 0.25) is 0 Å². The number of hydrogen-bond acceptors (Lipinski definition) is 4. The molecule has 0 aliphatic heterocycles. The van der Waals surface area contributed by atoms with Gasteiger partial charge in [-0.05, 0) is 284 Å². The molecule has 87 heavy (non-hydrogen) atoms. The van der Waals surface area contributed by atoms with Gasteiger partial charge in [-0.15, -0.1) is 0 Å². The second-order valence-electron chi connectivity index (χ2n) is 22.9. The predicted octanol–water partition coefficient (Wildman–Crippen LogP) is 24.2. The number of rotatable bonds is 17. The fourth-order valence-electron chi connectivity index (χ4n) is 12.7. The summed E-state index contributed by atoms with van der Waals surface area (Å²) >= 11 is 2.58. The molecule has 0 saturated carbocycles. The molecule has 0 aliphatic carbocycles. The highest BCUT2D eigenvalue weighted by atomic mass is 127. The van der Waals surface area contributed by atoms with Gasteiger partial charge < -0.3 is 19.6 Å². The van der Waals surface area contributed by atoms with Gasteiger partial charge in [0.1, 0.15) is 0 Å². The standard InChI is InChI=1S/C82H73IN4/c1-9-63-53-73(86(69-36-24-14-25-37-69)70-38-26-15-27-39-70)42-45-76(63)78-49-61(7)81(52-59(78)5)87(80-51-58(4)77(48-60(80)6)74-43-40-71(46-56(74)2)84(65-28-16-10-17-29-65)66-30-18-11-19-31-66)82-54-64(55-83)79(50-62(82)8)75-44-41-72(47-57(75)3)85(67-32-20-12-21-33-67)68-34-22-13-23-35-68/h10-54H,9,55H2,1-8H3. The number of alkyl halides is 1. The summed E-state index contributed by atoms with van der Waals surface area (Å²) in [6.07, 6.45) is 0.892. The van der Waals surface area contributed by atoms with Gasteiger partial charge in [0, 0.05) is 72.7 Å². The number of para-hydroxylation sites is 6. The Morgan fingerprint density at radius 1 is 0.230 bits per heavy atom. The monoisotopic (exact) mass is 1240 g/mol. The van der Waals surface area contributed by atoms with Crippen LogP contribution in [0.3, 0.4) is 0 Å². The molecule has 0 aliphatic rings. The summed E-state index contributed by atoms with van der Waals surface area (Å²) in [5.41, 5.74) is 32.3. The van der Waals surface area contributed by atoms with Gasteiger partial charge in [0.25, 0.3) is 0 Å². The Morgan fingerprint density at radius 2 is 0.517 bits per heavy atom. The van der Waals surface area contributed by atoms with Crippen molar-refractivity contribution in [1.82, 2.24) is 0 Å². The van der Waals surface area contributed by atoms with Crippen LogP contribution in [0.1, 0.15) is 57.0 Å². The first kappa shape index (κ1) is 58.0. The third-order valence-corrected chi connectivity index (χ3v) is 17.8. The molecule has 0 bridgehead atoms. The molecule has 428 valence electrons. The molecule has 4 nitrogen and oxygen atoms in total. The van der Waals surface area contributed by atoms with E-state index >= 15 is 0 Å². The summed E-state index contributed by atoms with van der Waals surface area (Å²) in [5, 5.41) is 0. The Morgan fingerprint density at radius 3 is 0.851 bits per heavy atom. The van der Waals surface area contributed by atoms with E-state index in [1.54, 1.807) is 0 Å². The number of anilines is 12. The van der Waals surface area contributed by atoms with Gasteiger partial charge in [0.2, 0.25) is 0 Å². The second kappa shape index (κ2) is 25.6. The lowest BCUT2D eigenvalue weighted by molar-refractivity contribution is 1.13. The number of aryl methyl sites for hydroxylation is 8. The van der Waals surface area contributed by atoms with Crippen molar-refractivity contribution in [1.29, 1.82) is 0 Å². The van der Waals surface area contributed by atoms with Crippen molar-refractivity contribution < 1.29 is 0 Å². The molecule has 0 heterocycles. The average Bonchev–Trinajstić information content (AvgIpc) is 1.47. The molecular weight excluding hydrogens is 1170 g/mol. The van der Waals surface area contributed by atoms with Crippen LogP contribution in [0.5, 0.6) is 0 Å². The second-order valence-corrected chi connectivity index (χ2v) is 23.6. The van der Waals surface area contributed by atoms with Crippen LogP contribution in [0.25, 0.3) is 33.4 Å². The zero-order valence-corrected chi connectivity index (χ0v) is 53.2. The van der Waals surface area contributed by atoms with Crippen molar-refractivity contribution in [3.63, 3.8) is 0 Å². The van der Waals surface area contributed by atoms with Crippen molar-refractivity contribution in [3.05, 3.63) is 323 Å². The van der Waals surface area contributed by atoms with Crippen molar-refractivity contribution in [2.45, 2.75) is 66.2 Å². The number of benzene rings is 12. The maximum absolute atomic E-state index is 2.58. The van der Waals surface area contributed by atoms with E-state index in [9.17, 15) is 0 Å². The molecule has 5 heteroatoms. The quantitative estimate of drug-likeness (QED) is 0.0665. The van der Waals surface area contributed by atoms with E-state index in [0.717, 1.165) is 62.0 Å². The fourth-order valence-corrected chi connectivity index (χ4v) is 13.3. The third kappa shape index (κ3) is 11.8. The van der Waals surface area contributed by atoms with Crippen LogP contribution in [0.15, 0.2) is 273 Å². The fraction of sp³-hybridized carbons (Fsp3) is 0.122. The third-order valence-electron chi connectivity index (χ3n) is 17.0. The lowest BCUT2D eigenvalue weighted by atomic mass is 9.90. The van der Waals surface area contributed by atoms with Gasteiger partial charge in [-0.25, -0.2) is 0 Å². The molecule has 0 unspecified atom stereocenters.